The molecule has 0 aliphatic carbocycles. The van der Waals surface area contributed by atoms with E-state index in [0.29, 0.717) is 12.3 Å². The highest BCUT2D eigenvalue weighted by atomic mass is 32.1. The number of methoxy groups -OCH3 is 1. The fourth-order valence-electron chi connectivity index (χ4n) is 1.39. The molecule has 0 amide bonds. The van der Waals surface area contributed by atoms with E-state index in [-0.39, 0.29) is 6.42 Å². The maximum absolute atomic E-state index is 10.6. The maximum atomic E-state index is 10.6. The number of carbonyl (C=O) groups is 1. The van der Waals surface area contributed by atoms with E-state index in [0.717, 1.165) is 15.4 Å². The number of nitrogens with zero attached hydrogens (tertiary/aromatic N) is 1. The molecule has 4 nitrogen and oxygen atoms in total. The summed E-state index contributed by atoms with van der Waals surface area (Å²) in [5, 5.41) is 13.3. The van der Waals surface area contributed by atoms with Crippen molar-refractivity contribution in [3.63, 3.8) is 0 Å². The molecule has 0 saturated heterocycles. The molecule has 0 bridgehead atoms. The monoisotopic (exact) mass is 269 g/mol. The van der Waals surface area contributed by atoms with Gasteiger partial charge in [-0.2, -0.15) is 0 Å². The summed E-state index contributed by atoms with van der Waals surface area (Å²) in [5.74, 6) is -0.854. The van der Waals surface area contributed by atoms with Crippen molar-refractivity contribution in [1.82, 2.24) is 4.98 Å². The second kappa shape index (κ2) is 5.39. The molecule has 6 heteroatoms. The first-order valence-corrected chi connectivity index (χ1v) is 6.68. The number of hydrogen-bond donors (Lipinski definition) is 1. The zero-order valence-corrected chi connectivity index (χ0v) is 10.8. The molecule has 0 aliphatic heterocycles. The highest BCUT2D eigenvalue weighted by Crippen LogP contribution is 2.28. The number of carboxylic acid groups (broad SMARTS) is 1. The largest absolute Gasteiger partial charge is 0.481 e. The molecule has 17 heavy (non-hydrogen) atoms. The molecule has 2 rings (SSSR count). The second-order valence-electron chi connectivity index (χ2n) is 3.45. The highest BCUT2D eigenvalue weighted by Gasteiger charge is 2.09. The molecule has 0 spiro atoms. The fraction of sp³-hybridized carbons (Fsp3) is 0.273. The summed E-state index contributed by atoms with van der Waals surface area (Å²) in [5.41, 5.74) is 1.64. The van der Waals surface area contributed by atoms with Gasteiger partial charge in [0.2, 0.25) is 0 Å². The number of carboxylic acids is 1. The number of aliphatic carboxylic acids is 1. The van der Waals surface area contributed by atoms with Crippen LogP contribution in [0.5, 0.6) is 0 Å². The zero-order chi connectivity index (χ0) is 12.3. The van der Waals surface area contributed by atoms with Crippen molar-refractivity contribution in [2.24, 2.45) is 0 Å². The Morgan fingerprint density at radius 3 is 3.00 bits per heavy atom. The number of thiophene rings is 1. The Labute approximate surface area is 107 Å². The number of thiazole rings is 1. The first kappa shape index (κ1) is 12.2. The molecule has 2 heterocycles. The lowest BCUT2D eigenvalue weighted by Crippen LogP contribution is -1.99. The topological polar surface area (TPSA) is 59.4 Å². The lowest BCUT2D eigenvalue weighted by atomic mass is 10.3. The lowest BCUT2D eigenvalue weighted by molar-refractivity contribution is -0.136. The Hall–Kier alpha value is -1.24. The first-order chi connectivity index (χ1) is 8.19. The second-order valence-corrected chi connectivity index (χ2v) is 5.30. The molecule has 0 aliphatic rings. The average molecular weight is 269 g/mol. The number of rotatable bonds is 5. The predicted octanol–water partition coefficient (Wildman–Crippen LogP) is 2.65. The van der Waals surface area contributed by atoms with Gasteiger partial charge in [-0.25, -0.2) is 4.98 Å². The van der Waals surface area contributed by atoms with E-state index in [9.17, 15) is 4.79 Å². The van der Waals surface area contributed by atoms with Crippen molar-refractivity contribution in [1.29, 1.82) is 0 Å². The van der Waals surface area contributed by atoms with Gasteiger partial charge in [0.1, 0.15) is 5.01 Å². The summed E-state index contributed by atoms with van der Waals surface area (Å²) < 4.78 is 5.05. The molecule has 0 fully saturated rings. The number of aromatic nitrogens is 1. The Morgan fingerprint density at radius 1 is 1.47 bits per heavy atom. The van der Waals surface area contributed by atoms with E-state index in [1.165, 1.54) is 11.3 Å². The van der Waals surface area contributed by atoms with Gasteiger partial charge in [-0.1, -0.05) is 0 Å². The smallest absolute Gasteiger partial charge is 0.309 e. The van der Waals surface area contributed by atoms with Gasteiger partial charge in [-0.15, -0.1) is 22.7 Å². The third-order valence-electron chi connectivity index (χ3n) is 2.07. The van der Waals surface area contributed by atoms with Gasteiger partial charge in [0.15, 0.2) is 0 Å². The van der Waals surface area contributed by atoms with Crippen LogP contribution in [0.2, 0.25) is 0 Å². The van der Waals surface area contributed by atoms with Gasteiger partial charge in [0.25, 0.3) is 0 Å². The standard InChI is InChI=1S/C11H11NO3S2/c1-15-4-9-2-7(5-16-9)11-12-8(6-17-11)3-10(13)14/h2,5-6H,3-4H2,1H3,(H,13,14). The Morgan fingerprint density at radius 2 is 2.29 bits per heavy atom. The third-order valence-corrected chi connectivity index (χ3v) is 3.92. The summed E-state index contributed by atoms with van der Waals surface area (Å²) in [7, 11) is 1.66. The van der Waals surface area contributed by atoms with E-state index in [1.807, 2.05) is 11.4 Å². The summed E-state index contributed by atoms with van der Waals surface area (Å²) in [4.78, 5) is 16.0. The number of ether oxygens (including phenoxy) is 1. The summed E-state index contributed by atoms with van der Waals surface area (Å²) in [6.45, 7) is 0.595. The van der Waals surface area contributed by atoms with E-state index < -0.39 is 5.97 Å². The summed E-state index contributed by atoms with van der Waals surface area (Å²) in [6.07, 6.45) is -0.0223. The molecule has 1 N–H and O–H groups in total. The molecular weight excluding hydrogens is 258 g/mol. The molecule has 90 valence electrons. The van der Waals surface area contributed by atoms with Gasteiger partial charge >= 0.3 is 5.97 Å². The zero-order valence-electron chi connectivity index (χ0n) is 9.17. The van der Waals surface area contributed by atoms with Crippen LogP contribution in [-0.4, -0.2) is 23.2 Å². The van der Waals surface area contributed by atoms with E-state index >= 15 is 0 Å². The molecule has 0 atom stereocenters. The van der Waals surface area contributed by atoms with Crippen LogP contribution in [-0.2, 0) is 22.6 Å². The van der Waals surface area contributed by atoms with Gasteiger partial charge in [-0.3, -0.25) is 4.79 Å². The Bertz CT molecular complexity index is 518. The van der Waals surface area contributed by atoms with E-state index in [1.54, 1.807) is 23.8 Å². The Kier molecular flexibility index (Phi) is 3.88. The lowest BCUT2D eigenvalue weighted by Gasteiger charge is -1.91. The van der Waals surface area contributed by atoms with Crippen molar-refractivity contribution in [2.45, 2.75) is 13.0 Å². The van der Waals surface area contributed by atoms with Crippen LogP contribution < -0.4 is 0 Å². The van der Waals surface area contributed by atoms with Crippen molar-refractivity contribution < 1.29 is 14.6 Å². The van der Waals surface area contributed by atoms with Crippen LogP contribution in [0, 0.1) is 0 Å². The van der Waals surface area contributed by atoms with Gasteiger partial charge in [0, 0.05) is 28.3 Å². The molecule has 0 aromatic carbocycles. The van der Waals surface area contributed by atoms with Crippen LogP contribution >= 0.6 is 22.7 Å². The van der Waals surface area contributed by atoms with E-state index in [4.69, 9.17) is 9.84 Å². The minimum atomic E-state index is -0.854. The van der Waals surface area contributed by atoms with Gasteiger partial charge < -0.3 is 9.84 Å². The fourth-order valence-corrected chi connectivity index (χ4v) is 3.11. The summed E-state index contributed by atoms with van der Waals surface area (Å²) >= 11 is 3.08. The van der Waals surface area contributed by atoms with Crippen molar-refractivity contribution >= 4 is 28.6 Å². The van der Waals surface area contributed by atoms with Gasteiger partial charge in [-0.05, 0) is 6.07 Å². The minimum Gasteiger partial charge on any atom is -0.481 e. The van der Waals surface area contributed by atoms with Crippen LogP contribution in [0.25, 0.3) is 10.6 Å². The molecular formula is C11H11NO3S2. The molecule has 2 aromatic rings. The van der Waals surface area contributed by atoms with Crippen molar-refractivity contribution in [3.8, 4) is 10.6 Å². The van der Waals surface area contributed by atoms with Crippen molar-refractivity contribution in [3.05, 3.63) is 27.4 Å². The van der Waals surface area contributed by atoms with E-state index in [2.05, 4.69) is 4.98 Å². The van der Waals surface area contributed by atoms with Crippen molar-refractivity contribution in [2.75, 3.05) is 7.11 Å². The van der Waals surface area contributed by atoms with Crippen LogP contribution in [0.3, 0.4) is 0 Å². The quantitative estimate of drug-likeness (QED) is 0.906. The van der Waals surface area contributed by atoms with Crippen LogP contribution in [0.4, 0.5) is 0 Å². The van der Waals surface area contributed by atoms with Crippen LogP contribution in [0.1, 0.15) is 10.6 Å². The summed E-state index contributed by atoms with van der Waals surface area (Å²) in [6, 6.07) is 2.03. The van der Waals surface area contributed by atoms with Gasteiger partial charge in [0.05, 0.1) is 18.7 Å². The molecule has 0 saturated carbocycles. The maximum Gasteiger partial charge on any atom is 0.309 e. The predicted molar refractivity (Wildman–Crippen MR) is 67.5 cm³/mol. The van der Waals surface area contributed by atoms with Crippen LogP contribution in [0.15, 0.2) is 16.8 Å². The average Bonchev–Trinajstić information content (AvgIpc) is 2.86. The normalized spacial score (nSPS) is 10.6. The first-order valence-electron chi connectivity index (χ1n) is 4.92. The minimum absolute atomic E-state index is 0.0223. The highest BCUT2D eigenvalue weighted by molar-refractivity contribution is 7.14. The molecule has 2 aromatic heterocycles. The molecule has 0 unspecified atom stereocenters. The SMILES string of the molecule is COCc1cc(-c2nc(CC(=O)O)cs2)cs1. The Balaban J connectivity index is 2.15. The third kappa shape index (κ3) is 3.12. The number of hydrogen-bond acceptors (Lipinski definition) is 5. The molecule has 0 radical (unpaired) electrons.